The molecule has 0 spiro atoms. The lowest BCUT2D eigenvalue weighted by molar-refractivity contribution is 0.298. The second-order valence-electron chi connectivity index (χ2n) is 5.82. The minimum atomic E-state index is 0.566. The summed E-state index contributed by atoms with van der Waals surface area (Å²) in [5, 5.41) is 11.8. The highest BCUT2D eigenvalue weighted by atomic mass is 79.9. The van der Waals surface area contributed by atoms with E-state index in [4.69, 9.17) is 4.42 Å². The molecule has 21 heavy (non-hydrogen) atoms. The molecule has 3 rings (SSSR count). The molecule has 2 aromatic rings. The van der Waals surface area contributed by atoms with Crippen molar-refractivity contribution in [1.29, 1.82) is 0 Å². The van der Waals surface area contributed by atoms with Gasteiger partial charge < -0.3 is 9.73 Å². The van der Waals surface area contributed by atoms with E-state index < -0.39 is 0 Å². The van der Waals surface area contributed by atoms with E-state index in [1.54, 1.807) is 0 Å². The molecule has 0 amide bonds. The Morgan fingerprint density at radius 2 is 1.95 bits per heavy atom. The summed E-state index contributed by atoms with van der Waals surface area (Å²) in [5.74, 6) is 2.09. The third kappa shape index (κ3) is 3.71. The van der Waals surface area contributed by atoms with Crippen molar-refractivity contribution in [2.75, 3.05) is 0 Å². The van der Waals surface area contributed by atoms with Crippen LogP contribution in [0.25, 0.3) is 11.5 Å². The first-order chi connectivity index (χ1) is 10.2. The molecule has 1 aromatic heterocycles. The molecule has 1 aromatic carbocycles. The summed E-state index contributed by atoms with van der Waals surface area (Å²) in [7, 11) is 0. The van der Waals surface area contributed by atoms with Crippen molar-refractivity contribution in [2.24, 2.45) is 5.92 Å². The fraction of sp³-hybridized carbons (Fsp3) is 0.500. The number of benzene rings is 1. The van der Waals surface area contributed by atoms with Gasteiger partial charge in [-0.1, -0.05) is 19.1 Å². The Labute approximate surface area is 133 Å². The maximum absolute atomic E-state index is 5.75. The first-order valence-electron chi connectivity index (χ1n) is 7.53. The summed E-state index contributed by atoms with van der Waals surface area (Å²) in [6, 6.07) is 8.46. The van der Waals surface area contributed by atoms with Crippen molar-refractivity contribution >= 4 is 15.9 Å². The summed E-state index contributed by atoms with van der Waals surface area (Å²) in [6.45, 7) is 2.98. The molecule has 0 atom stereocenters. The van der Waals surface area contributed by atoms with Gasteiger partial charge in [-0.05, 0) is 59.7 Å². The van der Waals surface area contributed by atoms with Crippen LogP contribution in [0.5, 0.6) is 0 Å². The Balaban J connectivity index is 1.59. The molecule has 0 aliphatic heterocycles. The summed E-state index contributed by atoms with van der Waals surface area (Å²) >= 11 is 3.51. The average molecular weight is 350 g/mol. The van der Waals surface area contributed by atoms with Gasteiger partial charge in [-0.25, -0.2) is 0 Å². The van der Waals surface area contributed by atoms with Crippen molar-refractivity contribution in [3.63, 3.8) is 0 Å². The first-order valence-corrected chi connectivity index (χ1v) is 8.32. The zero-order valence-electron chi connectivity index (χ0n) is 12.2. The van der Waals surface area contributed by atoms with Gasteiger partial charge in [-0.15, -0.1) is 10.2 Å². The van der Waals surface area contributed by atoms with Gasteiger partial charge in [0, 0.05) is 10.5 Å². The van der Waals surface area contributed by atoms with Crippen LogP contribution < -0.4 is 5.32 Å². The van der Waals surface area contributed by atoms with E-state index in [0.717, 1.165) is 16.0 Å². The van der Waals surface area contributed by atoms with Crippen LogP contribution in [0.15, 0.2) is 33.2 Å². The number of hydrogen-bond donors (Lipinski definition) is 1. The Morgan fingerprint density at radius 3 is 2.71 bits per heavy atom. The van der Waals surface area contributed by atoms with Crippen molar-refractivity contribution in [1.82, 2.24) is 15.5 Å². The fourth-order valence-electron chi connectivity index (χ4n) is 2.76. The summed E-state index contributed by atoms with van der Waals surface area (Å²) in [4.78, 5) is 0. The molecule has 1 heterocycles. The van der Waals surface area contributed by atoms with E-state index in [-0.39, 0.29) is 0 Å². The van der Waals surface area contributed by atoms with E-state index in [1.165, 1.54) is 25.7 Å². The normalized spacial score (nSPS) is 22.4. The van der Waals surface area contributed by atoms with Gasteiger partial charge in [0.15, 0.2) is 0 Å². The van der Waals surface area contributed by atoms with Crippen LogP contribution in [0.3, 0.4) is 0 Å². The number of rotatable bonds is 4. The van der Waals surface area contributed by atoms with E-state index in [2.05, 4.69) is 38.4 Å². The highest BCUT2D eigenvalue weighted by molar-refractivity contribution is 9.10. The largest absolute Gasteiger partial charge is 0.419 e. The lowest BCUT2D eigenvalue weighted by atomic mass is 9.87. The lowest BCUT2D eigenvalue weighted by Gasteiger charge is -2.26. The van der Waals surface area contributed by atoms with Gasteiger partial charge in [0.05, 0.1) is 12.1 Å². The Bertz CT molecular complexity index is 591. The van der Waals surface area contributed by atoms with Crippen molar-refractivity contribution in [3.05, 3.63) is 34.6 Å². The van der Waals surface area contributed by atoms with Crippen LogP contribution in [-0.2, 0) is 6.54 Å². The molecule has 0 bridgehead atoms. The van der Waals surface area contributed by atoms with E-state index in [0.29, 0.717) is 24.4 Å². The average Bonchev–Trinajstić information content (AvgIpc) is 2.96. The van der Waals surface area contributed by atoms with Gasteiger partial charge in [0.2, 0.25) is 11.8 Å². The molecular formula is C16H20BrN3O. The van der Waals surface area contributed by atoms with Gasteiger partial charge in [-0.3, -0.25) is 0 Å². The Morgan fingerprint density at radius 1 is 1.19 bits per heavy atom. The molecule has 112 valence electrons. The van der Waals surface area contributed by atoms with Crippen LogP contribution >= 0.6 is 15.9 Å². The number of nitrogens with zero attached hydrogens (tertiary/aromatic N) is 2. The quantitative estimate of drug-likeness (QED) is 0.899. The highest BCUT2D eigenvalue weighted by Gasteiger charge is 2.18. The monoisotopic (exact) mass is 349 g/mol. The van der Waals surface area contributed by atoms with Crippen LogP contribution in [-0.4, -0.2) is 16.2 Å². The Hall–Kier alpha value is -1.20. The standard InChI is InChI=1S/C16H20BrN3O/c1-11-6-8-12(9-7-11)18-10-15-19-20-16(21-15)13-4-2-3-5-14(13)17/h2-5,11-12,18H,6-10H2,1H3. The van der Waals surface area contributed by atoms with Crippen LogP contribution in [0.4, 0.5) is 0 Å². The van der Waals surface area contributed by atoms with Crippen LogP contribution in [0, 0.1) is 5.92 Å². The number of nitrogens with one attached hydrogen (secondary N) is 1. The second kappa shape index (κ2) is 6.71. The van der Waals surface area contributed by atoms with Gasteiger partial charge in [-0.2, -0.15) is 0 Å². The van der Waals surface area contributed by atoms with Gasteiger partial charge >= 0.3 is 0 Å². The molecule has 1 saturated carbocycles. The molecule has 0 radical (unpaired) electrons. The molecular weight excluding hydrogens is 330 g/mol. The van der Waals surface area contributed by atoms with Crippen molar-refractivity contribution in [2.45, 2.75) is 45.2 Å². The summed E-state index contributed by atoms with van der Waals surface area (Å²) in [6.07, 6.45) is 5.10. The third-order valence-electron chi connectivity index (χ3n) is 4.13. The SMILES string of the molecule is CC1CCC(NCc2nnc(-c3ccccc3Br)o2)CC1. The highest BCUT2D eigenvalue weighted by Crippen LogP contribution is 2.27. The molecule has 1 N–H and O–H groups in total. The smallest absolute Gasteiger partial charge is 0.248 e. The zero-order valence-corrected chi connectivity index (χ0v) is 13.8. The third-order valence-corrected chi connectivity index (χ3v) is 4.82. The number of hydrogen-bond acceptors (Lipinski definition) is 4. The maximum atomic E-state index is 5.75. The van der Waals surface area contributed by atoms with Crippen molar-refractivity contribution in [3.8, 4) is 11.5 Å². The number of halogens is 1. The van der Waals surface area contributed by atoms with Crippen LogP contribution in [0.2, 0.25) is 0 Å². The van der Waals surface area contributed by atoms with Gasteiger partial charge in [0.1, 0.15) is 0 Å². The molecule has 4 nitrogen and oxygen atoms in total. The first kappa shape index (κ1) is 14.7. The van der Waals surface area contributed by atoms with E-state index >= 15 is 0 Å². The molecule has 1 aliphatic carbocycles. The lowest BCUT2D eigenvalue weighted by Crippen LogP contribution is -2.32. The fourth-order valence-corrected chi connectivity index (χ4v) is 3.22. The van der Waals surface area contributed by atoms with Crippen LogP contribution in [0.1, 0.15) is 38.5 Å². The molecule has 1 fully saturated rings. The summed E-state index contributed by atoms with van der Waals surface area (Å²) < 4.78 is 6.72. The topological polar surface area (TPSA) is 51.0 Å². The molecule has 1 aliphatic rings. The zero-order chi connectivity index (χ0) is 14.7. The van der Waals surface area contributed by atoms with E-state index in [1.807, 2.05) is 24.3 Å². The summed E-state index contributed by atoms with van der Waals surface area (Å²) in [5.41, 5.74) is 0.933. The predicted molar refractivity (Wildman–Crippen MR) is 85.7 cm³/mol. The minimum absolute atomic E-state index is 0.566. The molecule has 0 unspecified atom stereocenters. The molecule has 5 heteroatoms. The van der Waals surface area contributed by atoms with Gasteiger partial charge in [0.25, 0.3) is 0 Å². The Kier molecular flexibility index (Phi) is 4.70. The minimum Gasteiger partial charge on any atom is -0.419 e. The molecule has 0 saturated heterocycles. The second-order valence-corrected chi connectivity index (χ2v) is 6.67. The van der Waals surface area contributed by atoms with E-state index in [9.17, 15) is 0 Å². The maximum Gasteiger partial charge on any atom is 0.248 e. The number of aromatic nitrogens is 2. The predicted octanol–water partition coefficient (Wildman–Crippen LogP) is 4.17. The van der Waals surface area contributed by atoms with Crippen molar-refractivity contribution < 1.29 is 4.42 Å².